The lowest BCUT2D eigenvalue weighted by atomic mass is 9.95. The fourth-order valence-electron chi connectivity index (χ4n) is 2.50. The molecule has 3 N–H and O–H groups in total. The monoisotopic (exact) mass is 408 g/mol. The van der Waals surface area contributed by atoms with Crippen molar-refractivity contribution in [2.45, 2.75) is 33.1 Å². The molecule has 5 nitrogen and oxygen atoms in total. The maximum Gasteiger partial charge on any atom is 0.416 e. The summed E-state index contributed by atoms with van der Waals surface area (Å²) in [5, 5.41) is 15.3. The molecule has 8 heteroatoms. The standard InChI is InChI=1S/C21H23F3N2O3/c1-20(2,3)19(29)26-14-8-6-7-13(11-14)18(28)25-12-17(27)15-9-4-5-10-16(15)21(22,23)24/h4-11,17,27H,12H2,1-3H3,(H,25,28)(H,26,29). The summed E-state index contributed by atoms with van der Waals surface area (Å²) in [4.78, 5) is 24.4. The summed E-state index contributed by atoms with van der Waals surface area (Å²) in [5.41, 5.74) is -1.26. The summed E-state index contributed by atoms with van der Waals surface area (Å²) in [7, 11) is 0. The van der Waals surface area contributed by atoms with Crippen molar-refractivity contribution in [3.63, 3.8) is 0 Å². The van der Waals surface area contributed by atoms with Crippen molar-refractivity contribution in [1.29, 1.82) is 0 Å². The van der Waals surface area contributed by atoms with Crippen molar-refractivity contribution in [3.8, 4) is 0 Å². The molecule has 2 rings (SSSR count). The quantitative estimate of drug-likeness (QED) is 0.695. The van der Waals surface area contributed by atoms with E-state index in [1.807, 2.05) is 0 Å². The molecule has 1 atom stereocenters. The zero-order chi connectivity index (χ0) is 21.8. The van der Waals surface area contributed by atoms with E-state index in [0.717, 1.165) is 6.07 Å². The number of aliphatic hydroxyl groups excluding tert-OH is 1. The van der Waals surface area contributed by atoms with Crippen LogP contribution in [0.4, 0.5) is 18.9 Å². The molecule has 0 aliphatic rings. The predicted molar refractivity (Wildman–Crippen MR) is 103 cm³/mol. The highest BCUT2D eigenvalue weighted by atomic mass is 19.4. The number of aliphatic hydroxyl groups is 1. The highest BCUT2D eigenvalue weighted by Crippen LogP contribution is 2.34. The molecule has 156 valence electrons. The van der Waals surface area contributed by atoms with E-state index in [1.54, 1.807) is 32.9 Å². The first-order chi connectivity index (χ1) is 13.4. The van der Waals surface area contributed by atoms with E-state index in [0.29, 0.717) is 5.69 Å². The number of hydrogen-bond acceptors (Lipinski definition) is 3. The normalized spacial score (nSPS) is 12.9. The molecule has 1 unspecified atom stereocenters. The number of hydrogen-bond donors (Lipinski definition) is 3. The topological polar surface area (TPSA) is 78.4 Å². The van der Waals surface area contributed by atoms with Gasteiger partial charge in [-0.1, -0.05) is 45.0 Å². The Kier molecular flexibility index (Phi) is 6.69. The molecule has 0 fully saturated rings. The highest BCUT2D eigenvalue weighted by Gasteiger charge is 2.34. The van der Waals surface area contributed by atoms with Crippen molar-refractivity contribution in [2.24, 2.45) is 5.41 Å². The third-order valence-corrected chi connectivity index (χ3v) is 4.14. The molecule has 2 aromatic rings. The summed E-state index contributed by atoms with van der Waals surface area (Å²) >= 11 is 0. The van der Waals surface area contributed by atoms with Gasteiger partial charge in [-0.25, -0.2) is 0 Å². The second kappa shape index (κ2) is 8.65. The van der Waals surface area contributed by atoms with Gasteiger partial charge in [-0.3, -0.25) is 9.59 Å². The first-order valence-corrected chi connectivity index (χ1v) is 8.93. The number of amides is 2. The molecule has 0 heterocycles. The Hall–Kier alpha value is -2.87. The average molecular weight is 408 g/mol. The molecule has 29 heavy (non-hydrogen) atoms. The van der Waals surface area contributed by atoms with E-state index >= 15 is 0 Å². The number of anilines is 1. The molecule has 0 radical (unpaired) electrons. The molecule has 2 amide bonds. The van der Waals surface area contributed by atoms with Crippen LogP contribution in [0.15, 0.2) is 48.5 Å². The van der Waals surface area contributed by atoms with Gasteiger partial charge in [0.1, 0.15) is 0 Å². The van der Waals surface area contributed by atoms with E-state index in [2.05, 4.69) is 10.6 Å². The van der Waals surface area contributed by atoms with Gasteiger partial charge in [0.05, 0.1) is 11.7 Å². The van der Waals surface area contributed by atoms with Gasteiger partial charge in [-0.05, 0) is 29.8 Å². The van der Waals surface area contributed by atoms with Gasteiger partial charge in [-0.2, -0.15) is 13.2 Å². The van der Waals surface area contributed by atoms with Crippen LogP contribution in [0.5, 0.6) is 0 Å². The van der Waals surface area contributed by atoms with Crippen molar-refractivity contribution in [1.82, 2.24) is 5.32 Å². The van der Waals surface area contributed by atoms with Gasteiger partial charge < -0.3 is 15.7 Å². The number of alkyl halides is 3. The number of carbonyl (C=O) groups is 2. The van der Waals surface area contributed by atoms with Gasteiger partial charge in [0.25, 0.3) is 5.91 Å². The predicted octanol–water partition coefficient (Wildman–Crippen LogP) is 4.15. The molecular weight excluding hydrogens is 385 g/mol. The minimum Gasteiger partial charge on any atom is -0.387 e. The summed E-state index contributed by atoms with van der Waals surface area (Å²) < 4.78 is 39.2. The summed E-state index contributed by atoms with van der Waals surface area (Å²) in [6.45, 7) is 4.85. The molecule has 0 saturated carbocycles. The van der Waals surface area contributed by atoms with Gasteiger partial charge >= 0.3 is 6.18 Å². The Labute approximate surface area is 166 Å². The zero-order valence-electron chi connectivity index (χ0n) is 16.3. The summed E-state index contributed by atoms with van der Waals surface area (Å²) in [5.74, 6) is -0.811. The first kappa shape index (κ1) is 22.4. The van der Waals surface area contributed by atoms with Crippen LogP contribution in [-0.4, -0.2) is 23.5 Å². The van der Waals surface area contributed by atoms with Gasteiger partial charge in [-0.15, -0.1) is 0 Å². The van der Waals surface area contributed by atoms with Crippen LogP contribution in [0.25, 0.3) is 0 Å². The van der Waals surface area contributed by atoms with Crippen molar-refractivity contribution >= 4 is 17.5 Å². The van der Waals surface area contributed by atoms with Crippen LogP contribution in [0.3, 0.4) is 0 Å². The number of rotatable bonds is 5. The molecule has 2 aromatic carbocycles. The fourth-order valence-corrected chi connectivity index (χ4v) is 2.50. The first-order valence-electron chi connectivity index (χ1n) is 8.93. The molecule has 0 saturated heterocycles. The Morgan fingerprint density at radius 2 is 1.69 bits per heavy atom. The van der Waals surface area contributed by atoms with E-state index in [-0.39, 0.29) is 17.0 Å². The van der Waals surface area contributed by atoms with Crippen LogP contribution in [0.1, 0.15) is 48.4 Å². The van der Waals surface area contributed by atoms with Gasteiger partial charge in [0.15, 0.2) is 0 Å². The molecule has 0 spiro atoms. The number of nitrogens with one attached hydrogen (secondary N) is 2. The maximum atomic E-state index is 13.1. The van der Waals surface area contributed by atoms with Crippen LogP contribution in [-0.2, 0) is 11.0 Å². The molecule has 0 bridgehead atoms. The second-order valence-electron chi connectivity index (χ2n) is 7.60. The summed E-state index contributed by atoms with van der Waals surface area (Å²) in [6.07, 6.45) is -6.14. The van der Waals surface area contributed by atoms with E-state index < -0.39 is 35.7 Å². The van der Waals surface area contributed by atoms with Crippen LogP contribution in [0, 0.1) is 5.41 Å². The van der Waals surface area contributed by atoms with Crippen molar-refractivity contribution < 1.29 is 27.9 Å². The largest absolute Gasteiger partial charge is 0.416 e. The third kappa shape index (κ3) is 6.05. The molecule has 0 aromatic heterocycles. The summed E-state index contributed by atoms with van der Waals surface area (Å²) in [6, 6.07) is 10.8. The maximum absolute atomic E-state index is 13.1. The van der Waals surface area contributed by atoms with Crippen molar-refractivity contribution in [2.75, 3.05) is 11.9 Å². The molecular formula is C21H23F3N2O3. The van der Waals surface area contributed by atoms with E-state index in [9.17, 15) is 27.9 Å². The second-order valence-corrected chi connectivity index (χ2v) is 7.60. The number of halogens is 3. The molecule has 0 aliphatic heterocycles. The Balaban J connectivity index is 2.07. The SMILES string of the molecule is CC(C)(C)C(=O)Nc1cccc(C(=O)NCC(O)c2ccccc2C(F)(F)F)c1. The lowest BCUT2D eigenvalue weighted by Gasteiger charge is -2.19. The number of carbonyl (C=O) groups excluding carboxylic acids is 2. The lowest BCUT2D eigenvalue weighted by Crippen LogP contribution is -2.30. The van der Waals surface area contributed by atoms with Crippen molar-refractivity contribution in [3.05, 3.63) is 65.2 Å². The van der Waals surface area contributed by atoms with Crippen LogP contribution < -0.4 is 10.6 Å². The smallest absolute Gasteiger partial charge is 0.387 e. The van der Waals surface area contributed by atoms with Crippen LogP contribution >= 0.6 is 0 Å². The minimum absolute atomic E-state index is 0.202. The Morgan fingerprint density at radius 1 is 1.03 bits per heavy atom. The minimum atomic E-state index is -4.61. The van der Waals surface area contributed by atoms with E-state index in [4.69, 9.17) is 0 Å². The number of benzene rings is 2. The van der Waals surface area contributed by atoms with Crippen LogP contribution in [0.2, 0.25) is 0 Å². The third-order valence-electron chi connectivity index (χ3n) is 4.14. The zero-order valence-corrected chi connectivity index (χ0v) is 16.3. The van der Waals surface area contributed by atoms with Gasteiger partial charge in [0, 0.05) is 23.2 Å². The lowest BCUT2D eigenvalue weighted by molar-refractivity contribution is -0.139. The highest BCUT2D eigenvalue weighted by molar-refractivity contribution is 5.98. The van der Waals surface area contributed by atoms with E-state index in [1.165, 1.54) is 30.3 Å². The van der Waals surface area contributed by atoms with Gasteiger partial charge in [0.2, 0.25) is 5.91 Å². The Bertz CT molecular complexity index is 889. The fraction of sp³-hybridized carbons (Fsp3) is 0.333. The average Bonchev–Trinajstić information content (AvgIpc) is 2.64. The Morgan fingerprint density at radius 3 is 2.31 bits per heavy atom. The molecule has 0 aliphatic carbocycles.